The van der Waals surface area contributed by atoms with E-state index >= 15 is 0 Å². The van der Waals surface area contributed by atoms with Crippen LogP contribution in [0.2, 0.25) is 0 Å². The van der Waals surface area contributed by atoms with Crippen LogP contribution in [0.4, 0.5) is 0 Å². The second kappa shape index (κ2) is 9.38. The molecule has 0 bridgehead atoms. The largest absolute Gasteiger partial charge is 0.381 e. The molecule has 1 saturated carbocycles. The Bertz CT molecular complexity index is 593. The lowest BCUT2D eigenvalue weighted by Gasteiger charge is -2.20. The van der Waals surface area contributed by atoms with Crippen molar-refractivity contribution in [2.24, 2.45) is 10.9 Å². The Morgan fingerprint density at radius 2 is 2.15 bits per heavy atom. The normalized spacial score (nSPS) is 21.6. The molecule has 2 N–H and O–H groups in total. The Balaban J connectivity index is 1.33. The molecule has 0 aromatic heterocycles. The van der Waals surface area contributed by atoms with Gasteiger partial charge in [0.15, 0.2) is 5.96 Å². The van der Waals surface area contributed by atoms with Gasteiger partial charge in [0.2, 0.25) is 0 Å². The first-order valence-corrected chi connectivity index (χ1v) is 9.90. The van der Waals surface area contributed by atoms with Gasteiger partial charge in [0.05, 0.1) is 13.2 Å². The van der Waals surface area contributed by atoms with Crippen LogP contribution in [0.3, 0.4) is 0 Å². The van der Waals surface area contributed by atoms with Crippen molar-refractivity contribution in [1.29, 1.82) is 0 Å². The van der Waals surface area contributed by atoms with Gasteiger partial charge in [0.1, 0.15) is 0 Å². The molecule has 2 fully saturated rings. The molecule has 26 heavy (non-hydrogen) atoms. The van der Waals surface area contributed by atoms with E-state index in [9.17, 15) is 0 Å². The zero-order valence-corrected chi connectivity index (χ0v) is 16.2. The molecule has 1 unspecified atom stereocenters. The van der Waals surface area contributed by atoms with Crippen molar-refractivity contribution < 1.29 is 9.47 Å². The fraction of sp³-hybridized carbons (Fsp3) is 0.667. The third-order valence-electron chi connectivity index (χ3n) is 5.52. The van der Waals surface area contributed by atoms with Crippen LogP contribution >= 0.6 is 0 Å². The summed E-state index contributed by atoms with van der Waals surface area (Å²) < 4.78 is 11.1. The third-order valence-corrected chi connectivity index (χ3v) is 5.52. The average molecular weight is 360 g/mol. The van der Waals surface area contributed by atoms with Gasteiger partial charge in [-0.2, -0.15) is 0 Å². The van der Waals surface area contributed by atoms with E-state index in [1.165, 1.54) is 24.0 Å². The van der Waals surface area contributed by atoms with Crippen LogP contribution in [-0.4, -0.2) is 52.5 Å². The molecule has 1 saturated heterocycles. The number of aliphatic imine (C=N–C) groups is 1. The molecule has 0 amide bonds. The van der Waals surface area contributed by atoms with E-state index < -0.39 is 0 Å². The van der Waals surface area contributed by atoms with Crippen LogP contribution in [0, 0.1) is 12.8 Å². The lowest BCUT2D eigenvalue weighted by molar-refractivity contribution is 0.0888. The van der Waals surface area contributed by atoms with Gasteiger partial charge in [0, 0.05) is 44.7 Å². The van der Waals surface area contributed by atoms with Crippen molar-refractivity contribution in [3.05, 3.63) is 35.4 Å². The number of ether oxygens (including phenoxy) is 2. The van der Waals surface area contributed by atoms with E-state index in [1.807, 2.05) is 7.05 Å². The average Bonchev–Trinajstić information content (AvgIpc) is 3.26. The van der Waals surface area contributed by atoms with Crippen LogP contribution < -0.4 is 10.6 Å². The quantitative estimate of drug-likeness (QED) is 0.404. The van der Waals surface area contributed by atoms with Crippen molar-refractivity contribution in [3.8, 4) is 0 Å². The van der Waals surface area contributed by atoms with E-state index in [2.05, 4.69) is 46.8 Å². The van der Waals surface area contributed by atoms with Crippen LogP contribution in [0.5, 0.6) is 0 Å². The molecule has 0 spiro atoms. The van der Waals surface area contributed by atoms with Gasteiger partial charge in [-0.25, -0.2) is 0 Å². The van der Waals surface area contributed by atoms with Gasteiger partial charge in [-0.05, 0) is 43.7 Å². The molecule has 1 aromatic carbocycles. The summed E-state index contributed by atoms with van der Waals surface area (Å²) in [5, 5.41) is 6.91. The summed E-state index contributed by atoms with van der Waals surface area (Å²) in [6.45, 7) is 7.38. The van der Waals surface area contributed by atoms with E-state index in [0.717, 1.165) is 58.3 Å². The summed E-state index contributed by atoms with van der Waals surface area (Å²) >= 11 is 0. The van der Waals surface area contributed by atoms with Gasteiger partial charge in [-0.3, -0.25) is 4.99 Å². The topological polar surface area (TPSA) is 54.9 Å². The lowest BCUT2D eigenvalue weighted by Crippen LogP contribution is -2.41. The van der Waals surface area contributed by atoms with Gasteiger partial charge in [-0.15, -0.1) is 0 Å². The van der Waals surface area contributed by atoms with Crippen molar-refractivity contribution in [1.82, 2.24) is 10.6 Å². The maximum absolute atomic E-state index is 5.75. The molecule has 1 heterocycles. The smallest absolute Gasteiger partial charge is 0.191 e. The second-order valence-corrected chi connectivity index (χ2v) is 7.61. The van der Waals surface area contributed by atoms with Gasteiger partial charge >= 0.3 is 0 Å². The Hall–Kier alpha value is -1.59. The highest BCUT2D eigenvalue weighted by molar-refractivity contribution is 5.79. The number of guanidine groups is 1. The molecular formula is C21H33N3O2. The Labute approximate surface area is 157 Å². The Morgan fingerprint density at radius 1 is 1.31 bits per heavy atom. The Morgan fingerprint density at radius 3 is 2.85 bits per heavy atom. The number of benzene rings is 1. The van der Waals surface area contributed by atoms with E-state index in [-0.39, 0.29) is 5.41 Å². The number of rotatable bonds is 9. The number of hydrogen-bond donors (Lipinski definition) is 2. The SMILES string of the molecule is CN=C(NCCCOCC1CCOC1)NCC1(c2ccccc2C)CC1. The molecule has 1 aliphatic heterocycles. The van der Waals surface area contributed by atoms with Gasteiger partial charge in [0.25, 0.3) is 0 Å². The van der Waals surface area contributed by atoms with Crippen molar-refractivity contribution >= 4 is 5.96 Å². The first kappa shape index (κ1) is 19.2. The monoisotopic (exact) mass is 359 g/mol. The first-order chi connectivity index (χ1) is 12.7. The minimum absolute atomic E-state index is 0.287. The molecule has 3 rings (SSSR count). The Kier molecular flexibility index (Phi) is 6.92. The third kappa shape index (κ3) is 5.21. The molecule has 144 valence electrons. The van der Waals surface area contributed by atoms with E-state index in [1.54, 1.807) is 0 Å². The molecule has 5 nitrogen and oxygen atoms in total. The predicted molar refractivity (Wildman–Crippen MR) is 106 cm³/mol. The van der Waals surface area contributed by atoms with Gasteiger partial charge in [-0.1, -0.05) is 24.3 Å². The van der Waals surface area contributed by atoms with Crippen molar-refractivity contribution in [2.75, 3.05) is 46.6 Å². The predicted octanol–water partition coefficient (Wildman–Crippen LogP) is 2.63. The summed E-state index contributed by atoms with van der Waals surface area (Å²) in [4.78, 5) is 4.35. The molecule has 0 radical (unpaired) electrons. The fourth-order valence-electron chi connectivity index (χ4n) is 3.68. The van der Waals surface area contributed by atoms with E-state index in [4.69, 9.17) is 9.47 Å². The highest BCUT2D eigenvalue weighted by Crippen LogP contribution is 2.48. The summed E-state index contributed by atoms with van der Waals surface area (Å²) in [6.07, 6.45) is 4.62. The summed E-state index contributed by atoms with van der Waals surface area (Å²) in [5.74, 6) is 1.47. The van der Waals surface area contributed by atoms with Crippen LogP contribution in [0.15, 0.2) is 29.3 Å². The highest BCUT2D eigenvalue weighted by atomic mass is 16.5. The van der Waals surface area contributed by atoms with Crippen LogP contribution in [-0.2, 0) is 14.9 Å². The standard InChI is InChI=1S/C21H33N3O2/c1-17-6-3-4-7-19(17)21(9-10-21)16-24-20(22-2)23-11-5-12-25-14-18-8-13-26-15-18/h3-4,6-7,18H,5,8-16H2,1-2H3,(H2,22,23,24). The van der Waals surface area contributed by atoms with Gasteiger partial charge < -0.3 is 20.1 Å². The first-order valence-electron chi connectivity index (χ1n) is 9.90. The molecule has 1 aromatic rings. The minimum atomic E-state index is 0.287. The zero-order valence-electron chi connectivity index (χ0n) is 16.2. The number of nitrogens with zero attached hydrogens (tertiary/aromatic N) is 1. The van der Waals surface area contributed by atoms with Crippen molar-refractivity contribution in [2.45, 2.75) is 38.0 Å². The maximum atomic E-state index is 5.75. The van der Waals surface area contributed by atoms with E-state index in [0.29, 0.717) is 5.92 Å². The minimum Gasteiger partial charge on any atom is -0.381 e. The fourth-order valence-corrected chi connectivity index (χ4v) is 3.68. The molecule has 5 heteroatoms. The summed E-state index contributed by atoms with van der Waals surface area (Å²) in [6, 6.07) is 8.74. The van der Waals surface area contributed by atoms with Crippen LogP contribution in [0.25, 0.3) is 0 Å². The number of nitrogens with one attached hydrogen (secondary N) is 2. The number of aryl methyl sites for hydroxylation is 1. The summed E-state index contributed by atoms with van der Waals surface area (Å²) in [5.41, 5.74) is 3.15. The lowest BCUT2D eigenvalue weighted by atomic mass is 9.92. The zero-order chi connectivity index (χ0) is 18.2. The molecule has 1 atom stereocenters. The van der Waals surface area contributed by atoms with Crippen molar-refractivity contribution in [3.63, 3.8) is 0 Å². The maximum Gasteiger partial charge on any atom is 0.191 e. The molecule has 2 aliphatic rings. The molecular weight excluding hydrogens is 326 g/mol. The molecule has 1 aliphatic carbocycles. The highest BCUT2D eigenvalue weighted by Gasteiger charge is 2.44. The second-order valence-electron chi connectivity index (χ2n) is 7.61. The van der Waals surface area contributed by atoms with Crippen LogP contribution in [0.1, 0.15) is 36.8 Å². The number of hydrogen-bond acceptors (Lipinski definition) is 3. The summed E-state index contributed by atoms with van der Waals surface area (Å²) in [7, 11) is 1.83.